The van der Waals surface area contributed by atoms with Gasteiger partial charge >= 0.3 is 11.9 Å². The maximum atomic E-state index is 12.7. The Bertz CT molecular complexity index is 1200. The van der Waals surface area contributed by atoms with E-state index in [4.69, 9.17) is 18.9 Å². The Morgan fingerprint density at radius 3 is 1.94 bits per heavy atom. The van der Waals surface area contributed by atoms with Crippen molar-refractivity contribution in [3.63, 3.8) is 0 Å². The molecule has 0 aliphatic rings. The van der Waals surface area contributed by atoms with E-state index in [2.05, 4.69) is 20.9 Å². The number of hydrogen-bond acceptors (Lipinski definition) is 7. The van der Waals surface area contributed by atoms with Crippen molar-refractivity contribution in [3.05, 3.63) is 74.5 Å². The summed E-state index contributed by atoms with van der Waals surface area (Å²) >= 11 is 3.56. The summed E-state index contributed by atoms with van der Waals surface area (Å²) in [5, 5.41) is 0. The Kier molecular flexibility index (Phi) is 7.94. The van der Waals surface area contributed by atoms with E-state index >= 15 is 0 Å². The van der Waals surface area contributed by atoms with Gasteiger partial charge in [0.1, 0.15) is 6.61 Å². The summed E-state index contributed by atoms with van der Waals surface area (Å²) < 4.78 is 22.2. The predicted molar refractivity (Wildman–Crippen MR) is 132 cm³/mol. The third kappa shape index (κ3) is 5.07. The van der Waals surface area contributed by atoms with Gasteiger partial charge in [-0.2, -0.15) is 0 Å². The Hall–Kier alpha value is -3.39. The molecule has 3 rings (SSSR count). The molecule has 0 saturated heterocycles. The molecule has 178 valence electrons. The highest BCUT2D eigenvalue weighted by molar-refractivity contribution is 9.10. The fraction of sp³-hybridized carbons (Fsp3) is 0.269. The second-order valence-electron chi connectivity index (χ2n) is 7.65. The first-order valence-electron chi connectivity index (χ1n) is 10.5. The number of carbonyl (C=O) groups excluding carboxylic acids is 2. The molecule has 0 unspecified atom stereocenters. The van der Waals surface area contributed by atoms with E-state index in [0.717, 1.165) is 11.1 Å². The first-order chi connectivity index (χ1) is 16.2. The van der Waals surface area contributed by atoms with Gasteiger partial charge in [-0.1, -0.05) is 29.8 Å². The van der Waals surface area contributed by atoms with Gasteiger partial charge in [-0.25, -0.2) is 9.59 Å². The van der Waals surface area contributed by atoms with Gasteiger partial charge in [0.25, 0.3) is 0 Å². The van der Waals surface area contributed by atoms with Crippen molar-refractivity contribution in [2.45, 2.75) is 27.4 Å². The normalized spacial score (nSPS) is 10.6. The van der Waals surface area contributed by atoms with Crippen molar-refractivity contribution < 1.29 is 28.5 Å². The van der Waals surface area contributed by atoms with Crippen LogP contribution in [0.4, 0.5) is 0 Å². The summed E-state index contributed by atoms with van der Waals surface area (Å²) in [5.41, 5.74) is 4.28. The number of esters is 2. The van der Waals surface area contributed by atoms with Crippen LogP contribution in [0.2, 0.25) is 0 Å². The summed E-state index contributed by atoms with van der Waals surface area (Å²) in [5.74, 6) is -0.302. The lowest BCUT2D eigenvalue weighted by Crippen LogP contribution is -2.16. The minimum Gasteiger partial charge on any atom is -0.493 e. The van der Waals surface area contributed by atoms with Crippen LogP contribution in [0.3, 0.4) is 0 Å². The lowest BCUT2D eigenvalue weighted by Gasteiger charge is -2.19. The van der Waals surface area contributed by atoms with Gasteiger partial charge in [0.2, 0.25) is 0 Å². The van der Waals surface area contributed by atoms with Crippen molar-refractivity contribution >= 4 is 27.9 Å². The maximum Gasteiger partial charge on any atom is 0.340 e. The third-order valence-electron chi connectivity index (χ3n) is 5.36. The second-order valence-corrected chi connectivity index (χ2v) is 8.51. The molecular formula is C26H26BrNO6. The average molecular weight is 528 g/mol. The van der Waals surface area contributed by atoms with Crippen LogP contribution in [0.5, 0.6) is 11.5 Å². The number of pyridine rings is 1. The van der Waals surface area contributed by atoms with E-state index in [-0.39, 0.29) is 11.1 Å². The quantitative estimate of drug-likeness (QED) is 0.370. The number of ether oxygens (including phenoxy) is 4. The highest BCUT2D eigenvalue weighted by Crippen LogP contribution is 2.42. The van der Waals surface area contributed by atoms with Crippen LogP contribution in [-0.4, -0.2) is 38.3 Å². The molecule has 0 N–H and O–H groups in total. The van der Waals surface area contributed by atoms with Crippen molar-refractivity contribution in [2.24, 2.45) is 0 Å². The number of aryl methyl sites for hydroxylation is 3. The smallest absolute Gasteiger partial charge is 0.340 e. The minimum absolute atomic E-state index is 0.177. The first-order valence-corrected chi connectivity index (χ1v) is 11.2. The van der Waals surface area contributed by atoms with E-state index in [1.165, 1.54) is 21.3 Å². The van der Waals surface area contributed by atoms with Crippen molar-refractivity contribution in [1.29, 1.82) is 0 Å². The summed E-state index contributed by atoms with van der Waals surface area (Å²) in [4.78, 5) is 29.8. The van der Waals surface area contributed by atoms with Gasteiger partial charge in [-0.15, -0.1) is 0 Å². The van der Waals surface area contributed by atoms with Crippen LogP contribution in [0.25, 0.3) is 11.1 Å². The number of benzene rings is 2. The minimum atomic E-state index is -0.611. The maximum absolute atomic E-state index is 12.7. The number of hydrogen-bond donors (Lipinski definition) is 0. The Morgan fingerprint density at radius 2 is 1.44 bits per heavy atom. The summed E-state index contributed by atoms with van der Waals surface area (Å²) in [6.45, 7) is 5.74. The number of methoxy groups -OCH3 is 3. The monoisotopic (exact) mass is 527 g/mol. The fourth-order valence-electron chi connectivity index (χ4n) is 3.69. The van der Waals surface area contributed by atoms with E-state index < -0.39 is 11.9 Å². The Morgan fingerprint density at radius 1 is 0.882 bits per heavy atom. The molecule has 0 spiro atoms. The standard InChI is InChI=1S/C26H26BrNO6/c1-14-7-9-17(10-8-14)13-34-24-19(27)11-18(12-20(24)31-4)23-21(25(29)32-5)15(2)28-16(3)22(23)26(30)33-6/h7-12H,13H2,1-6H3. The molecule has 0 aliphatic heterocycles. The number of carbonyl (C=O) groups is 2. The molecule has 0 fully saturated rings. The number of nitrogens with zero attached hydrogens (tertiary/aromatic N) is 1. The molecule has 1 heterocycles. The molecule has 2 aromatic carbocycles. The molecular weight excluding hydrogens is 502 g/mol. The molecule has 1 aromatic heterocycles. The summed E-state index contributed by atoms with van der Waals surface area (Å²) in [7, 11) is 4.08. The molecule has 0 aliphatic carbocycles. The molecule has 0 atom stereocenters. The first kappa shape index (κ1) is 25.2. The summed E-state index contributed by atoms with van der Waals surface area (Å²) in [6, 6.07) is 11.5. The van der Waals surface area contributed by atoms with Gasteiger partial charge in [0.15, 0.2) is 11.5 Å². The van der Waals surface area contributed by atoms with Crippen LogP contribution in [0, 0.1) is 20.8 Å². The zero-order valence-electron chi connectivity index (χ0n) is 19.9. The average Bonchev–Trinajstić information content (AvgIpc) is 2.82. The van der Waals surface area contributed by atoms with Gasteiger partial charge in [-0.05, 0) is 60.0 Å². The van der Waals surface area contributed by atoms with Crippen LogP contribution < -0.4 is 9.47 Å². The molecule has 0 saturated carbocycles. The highest BCUT2D eigenvalue weighted by Gasteiger charge is 2.28. The van der Waals surface area contributed by atoms with Crippen molar-refractivity contribution in [1.82, 2.24) is 4.98 Å². The molecule has 7 nitrogen and oxygen atoms in total. The van der Waals surface area contributed by atoms with E-state index in [1.54, 1.807) is 26.0 Å². The van der Waals surface area contributed by atoms with Crippen LogP contribution in [0.1, 0.15) is 43.2 Å². The molecule has 34 heavy (non-hydrogen) atoms. The zero-order valence-corrected chi connectivity index (χ0v) is 21.5. The fourth-order valence-corrected chi connectivity index (χ4v) is 4.24. The molecule has 3 aromatic rings. The second kappa shape index (κ2) is 10.7. The lowest BCUT2D eigenvalue weighted by molar-refractivity contribution is 0.0599. The molecule has 0 bridgehead atoms. The highest BCUT2D eigenvalue weighted by atomic mass is 79.9. The van der Waals surface area contributed by atoms with Crippen LogP contribution in [-0.2, 0) is 16.1 Å². The van der Waals surface area contributed by atoms with Crippen LogP contribution >= 0.6 is 15.9 Å². The van der Waals surface area contributed by atoms with Gasteiger partial charge < -0.3 is 18.9 Å². The lowest BCUT2D eigenvalue weighted by atomic mass is 9.92. The predicted octanol–water partition coefficient (Wildman–Crippen LogP) is 5.60. The SMILES string of the molecule is COC(=O)c1c(C)nc(C)c(C(=O)OC)c1-c1cc(Br)c(OCc2ccc(C)cc2)c(OC)c1. The topological polar surface area (TPSA) is 84.0 Å². The number of aromatic nitrogens is 1. The van der Waals surface area contributed by atoms with Crippen molar-refractivity contribution in [2.75, 3.05) is 21.3 Å². The van der Waals surface area contributed by atoms with Gasteiger partial charge in [0, 0.05) is 5.56 Å². The Balaban J connectivity index is 2.18. The van der Waals surface area contributed by atoms with Crippen molar-refractivity contribution in [3.8, 4) is 22.6 Å². The largest absolute Gasteiger partial charge is 0.493 e. The third-order valence-corrected chi connectivity index (χ3v) is 5.95. The van der Waals surface area contributed by atoms with E-state index in [0.29, 0.717) is 45.1 Å². The van der Waals surface area contributed by atoms with Crippen LogP contribution in [0.15, 0.2) is 40.9 Å². The summed E-state index contributed by atoms with van der Waals surface area (Å²) in [6.07, 6.45) is 0. The van der Waals surface area contributed by atoms with Gasteiger partial charge in [0.05, 0.1) is 48.3 Å². The van der Waals surface area contributed by atoms with Gasteiger partial charge in [-0.3, -0.25) is 4.98 Å². The zero-order chi connectivity index (χ0) is 25.0. The van der Waals surface area contributed by atoms with E-state index in [9.17, 15) is 9.59 Å². The number of halogens is 1. The molecule has 0 amide bonds. The Labute approximate surface area is 207 Å². The number of rotatable bonds is 7. The van der Waals surface area contributed by atoms with E-state index in [1.807, 2.05) is 31.2 Å². The molecule has 0 radical (unpaired) electrons. The molecule has 8 heteroatoms.